The highest BCUT2D eigenvalue weighted by Crippen LogP contribution is 2.35. The minimum absolute atomic E-state index is 0.00835. The number of rotatable bonds is 11. The Bertz CT molecular complexity index is 1430. The summed E-state index contributed by atoms with van der Waals surface area (Å²) in [5.41, 5.74) is 3.04. The number of aromatic carboxylic acids is 1. The second-order valence-electron chi connectivity index (χ2n) is 8.73. The SMILES string of the molecule is C=CCc1cc(/C=C2/NC(=O)N(Cc3ccc(F)cc3)C2=O)cc(OCC)c1OCc1ccc(C(=O)O)cc1. The number of carbonyl (C=O) groups is 3. The highest BCUT2D eigenvalue weighted by Gasteiger charge is 2.33. The molecule has 0 aliphatic carbocycles. The first kappa shape index (κ1) is 27.1. The first-order valence-electron chi connectivity index (χ1n) is 12.2. The van der Waals surface area contributed by atoms with E-state index in [2.05, 4.69) is 11.9 Å². The highest BCUT2D eigenvalue weighted by molar-refractivity contribution is 6.13. The molecule has 9 heteroatoms. The van der Waals surface area contributed by atoms with Crippen LogP contribution in [-0.2, 0) is 24.4 Å². The Morgan fingerprint density at radius 2 is 1.74 bits per heavy atom. The summed E-state index contributed by atoms with van der Waals surface area (Å²) in [5.74, 6) is -0.959. The molecular weight excluding hydrogens is 503 g/mol. The normalized spacial score (nSPS) is 13.9. The first-order valence-corrected chi connectivity index (χ1v) is 12.2. The van der Waals surface area contributed by atoms with E-state index in [1.54, 1.807) is 30.4 Å². The zero-order valence-electron chi connectivity index (χ0n) is 21.3. The van der Waals surface area contributed by atoms with Crippen molar-refractivity contribution in [3.8, 4) is 11.5 Å². The number of nitrogens with zero attached hydrogens (tertiary/aromatic N) is 1. The van der Waals surface area contributed by atoms with Crippen molar-refractivity contribution in [1.29, 1.82) is 0 Å². The third-order valence-corrected chi connectivity index (χ3v) is 5.93. The van der Waals surface area contributed by atoms with Gasteiger partial charge in [0.15, 0.2) is 11.5 Å². The summed E-state index contributed by atoms with van der Waals surface area (Å²) in [7, 11) is 0. The van der Waals surface area contributed by atoms with Crippen LogP contribution in [0.5, 0.6) is 11.5 Å². The number of hydrogen-bond donors (Lipinski definition) is 2. The summed E-state index contributed by atoms with van der Waals surface area (Å²) in [6.45, 7) is 6.20. The fourth-order valence-corrected chi connectivity index (χ4v) is 4.05. The maximum absolute atomic E-state index is 13.2. The molecule has 0 radical (unpaired) electrons. The van der Waals surface area contributed by atoms with Crippen molar-refractivity contribution >= 4 is 24.0 Å². The summed E-state index contributed by atoms with van der Waals surface area (Å²) in [4.78, 5) is 37.7. The molecule has 4 rings (SSSR count). The van der Waals surface area contributed by atoms with E-state index in [9.17, 15) is 18.8 Å². The number of imide groups is 1. The molecule has 0 spiro atoms. The predicted molar refractivity (Wildman–Crippen MR) is 143 cm³/mol. The van der Waals surface area contributed by atoms with E-state index in [0.717, 1.165) is 16.0 Å². The smallest absolute Gasteiger partial charge is 0.335 e. The largest absolute Gasteiger partial charge is 0.490 e. The molecule has 0 saturated carbocycles. The van der Waals surface area contributed by atoms with E-state index < -0.39 is 23.7 Å². The first-order chi connectivity index (χ1) is 18.8. The average molecular weight is 531 g/mol. The number of carboxylic acids is 1. The number of urea groups is 1. The van der Waals surface area contributed by atoms with Gasteiger partial charge >= 0.3 is 12.0 Å². The maximum atomic E-state index is 13.2. The average Bonchev–Trinajstić information content (AvgIpc) is 3.17. The van der Waals surface area contributed by atoms with Gasteiger partial charge in [-0.05, 0) is 72.5 Å². The molecule has 0 atom stereocenters. The van der Waals surface area contributed by atoms with E-state index in [-0.39, 0.29) is 24.4 Å². The Kier molecular flexibility index (Phi) is 8.40. The van der Waals surface area contributed by atoms with Crippen molar-refractivity contribution in [2.75, 3.05) is 6.61 Å². The maximum Gasteiger partial charge on any atom is 0.335 e. The summed E-state index contributed by atoms with van der Waals surface area (Å²) < 4.78 is 25.2. The molecule has 3 aromatic carbocycles. The van der Waals surface area contributed by atoms with Crippen molar-refractivity contribution < 1.29 is 33.4 Å². The molecule has 1 saturated heterocycles. The minimum Gasteiger partial charge on any atom is -0.490 e. The van der Waals surface area contributed by atoms with Crippen LogP contribution in [0.4, 0.5) is 9.18 Å². The summed E-state index contributed by atoms with van der Waals surface area (Å²) in [5, 5.41) is 11.7. The number of allylic oxidation sites excluding steroid dienone is 1. The zero-order valence-corrected chi connectivity index (χ0v) is 21.3. The van der Waals surface area contributed by atoms with Gasteiger partial charge in [-0.25, -0.2) is 14.0 Å². The number of amides is 3. The molecule has 2 N–H and O–H groups in total. The number of hydrogen-bond acceptors (Lipinski definition) is 5. The minimum atomic E-state index is -1.01. The van der Waals surface area contributed by atoms with Crippen LogP contribution >= 0.6 is 0 Å². The summed E-state index contributed by atoms with van der Waals surface area (Å²) >= 11 is 0. The van der Waals surface area contributed by atoms with Gasteiger partial charge in [0.1, 0.15) is 18.1 Å². The highest BCUT2D eigenvalue weighted by atomic mass is 19.1. The monoisotopic (exact) mass is 530 g/mol. The Hall–Kier alpha value is -4.92. The standard InChI is InChI=1S/C30H27FN2O6/c1-3-5-23-14-21(15-25-28(34)33(30(37)32-25)17-19-8-12-24(31)13-9-19)16-26(38-4-2)27(23)39-18-20-6-10-22(11-7-20)29(35)36/h3,6-16H,1,4-5,17-18H2,2H3,(H,32,37)(H,35,36)/b25-15+. The number of benzene rings is 3. The van der Waals surface area contributed by atoms with E-state index in [1.807, 2.05) is 13.0 Å². The van der Waals surface area contributed by atoms with Crippen molar-refractivity contribution in [3.05, 3.63) is 113 Å². The molecule has 1 heterocycles. The number of nitrogens with one attached hydrogen (secondary N) is 1. The van der Waals surface area contributed by atoms with Crippen LogP contribution in [0.1, 0.15) is 39.5 Å². The molecule has 8 nitrogen and oxygen atoms in total. The molecule has 0 aromatic heterocycles. The molecule has 1 fully saturated rings. The number of carboxylic acid groups (broad SMARTS) is 1. The lowest BCUT2D eigenvalue weighted by atomic mass is 10.0. The van der Waals surface area contributed by atoms with Gasteiger partial charge in [0.05, 0.1) is 18.7 Å². The number of carbonyl (C=O) groups excluding carboxylic acids is 2. The van der Waals surface area contributed by atoms with Gasteiger partial charge in [-0.1, -0.05) is 30.3 Å². The van der Waals surface area contributed by atoms with Crippen molar-refractivity contribution in [1.82, 2.24) is 10.2 Å². The zero-order chi connectivity index (χ0) is 27.9. The lowest BCUT2D eigenvalue weighted by molar-refractivity contribution is -0.123. The van der Waals surface area contributed by atoms with Gasteiger partial charge in [0.2, 0.25) is 0 Å². The van der Waals surface area contributed by atoms with E-state index in [4.69, 9.17) is 14.6 Å². The van der Waals surface area contributed by atoms with Gasteiger partial charge in [-0.3, -0.25) is 9.69 Å². The summed E-state index contributed by atoms with van der Waals surface area (Å²) in [6.07, 6.45) is 3.72. The molecule has 39 heavy (non-hydrogen) atoms. The summed E-state index contributed by atoms with van der Waals surface area (Å²) in [6, 6.07) is 14.9. The topological polar surface area (TPSA) is 105 Å². The van der Waals surface area contributed by atoms with Crippen LogP contribution in [0, 0.1) is 5.82 Å². The molecule has 1 aliphatic rings. The molecule has 0 unspecified atom stereocenters. The van der Waals surface area contributed by atoms with Crippen molar-refractivity contribution in [3.63, 3.8) is 0 Å². The van der Waals surface area contributed by atoms with Crippen LogP contribution in [0.25, 0.3) is 6.08 Å². The van der Waals surface area contributed by atoms with Crippen LogP contribution in [-0.4, -0.2) is 34.5 Å². The second-order valence-corrected chi connectivity index (χ2v) is 8.73. The third kappa shape index (κ3) is 6.51. The fourth-order valence-electron chi connectivity index (χ4n) is 4.05. The fraction of sp³-hybridized carbons (Fsp3) is 0.167. The van der Waals surface area contributed by atoms with E-state index in [1.165, 1.54) is 36.4 Å². The quantitative estimate of drug-likeness (QED) is 0.197. The van der Waals surface area contributed by atoms with Crippen molar-refractivity contribution in [2.45, 2.75) is 26.5 Å². The lowest BCUT2D eigenvalue weighted by Crippen LogP contribution is -2.30. The van der Waals surface area contributed by atoms with Gasteiger partial charge in [0.25, 0.3) is 5.91 Å². The molecule has 3 aromatic rings. The van der Waals surface area contributed by atoms with Gasteiger partial charge < -0.3 is 19.9 Å². The number of halogens is 1. The van der Waals surface area contributed by atoms with E-state index >= 15 is 0 Å². The Balaban J connectivity index is 1.59. The van der Waals surface area contributed by atoms with E-state index in [0.29, 0.717) is 35.7 Å². The third-order valence-electron chi connectivity index (χ3n) is 5.93. The Morgan fingerprint density at radius 3 is 2.38 bits per heavy atom. The van der Waals surface area contributed by atoms with Crippen LogP contribution in [0.15, 0.2) is 79.0 Å². The number of ether oxygens (including phenoxy) is 2. The molecule has 1 aliphatic heterocycles. The van der Waals surface area contributed by atoms with Gasteiger partial charge in [0, 0.05) is 5.56 Å². The van der Waals surface area contributed by atoms with Crippen LogP contribution in [0.3, 0.4) is 0 Å². The molecule has 0 bridgehead atoms. The Morgan fingerprint density at radius 1 is 1.05 bits per heavy atom. The molecule has 200 valence electrons. The van der Waals surface area contributed by atoms with Gasteiger partial charge in [-0.15, -0.1) is 6.58 Å². The van der Waals surface area contributed by atoms with Crippen LogP contribution < -0.4 is 14.8 Å². The lowest BCUT2D eigenvalue weighted by Gasteiger charge is -2.17. The predicted octanol–water partition coefficient (Wildman–Crippen LogP) is 5.32. The second kappa shape index (κ2) is 12.1. The Labute approximate surface area is 225 Å². The molecule has 3 amide bonds. The van der Waals surface area contributed by atoms with Gasteiger partial charge in [-0.2, -0.15) is 0 Å². The van der Waals surface area contributed by atoms with Crippen LogP contribution in [0.2, 0.25) is 0 Å². The molecular formula is C30H27FN2O6. The van der Waals surface area contributed by atoms with Crippen molar-refractivity contribution in [2.24, 2.45) is 0 Å².